The number of rotatable bonds is 2. The van der Waals surface area contributed by atoms with Gasteiger partial charge < -0.3 is 10.1 Å². The van der Waals surface area contributed by atoms with Crippen molar-refractivity contribution in [2.45, 2.75) is 19.8 Å². The molecule has 0 atom stereocenters. The minimum absolute atomic E-state index is 0.0457. The van der Waals surface area contributed by atoms with Gasteiger partial charge in [-0.1, -0.05) is 0 Å². The van der Waals surface area contributed by atoms with Gasteiger partial charge in [0.15, 0.2) is 0 Å². The Morgan fingerprint density at radius 3 is 2.90 bits per heavy atom. The maximum atomic E-state index is 11.3. The summed E-state index contributed by atoms with van der Waals surface area (Å²) >= 11 is 5.80. The summed E-state index contributed by atoms with van der Waals surface area (Å²) in [5.74, 6) is 1.11. The molecular formula is C14H12ClN3O2. The zero-order chi connectivity index (χ0) is 14.1. The number of hydrogen-bond acceptors (Lipinski definition) is 4. The predicted octanol–water partition coefficient (Wildman–Crippen LogP) is 3.12. The Morgan fingerprint density at radius 2 is 2.10 bits per heavy atom. The first-order chi connectivity index (χ1) is 9.60. The molecule has 0 fully saturated rings. The van der Waals surface area contributed by atoms with Crippen LogP contribution in [0.5, 0.6) is 11.6 Å². The van der Waals surface area contributed by atoms with Crippen molar-refractivity contribution in [3.63, 3.8) is 0 Å². The van der Waals surface area contributed by atoms with Gasteiger partial charge in [-0.05, 0) is 48.7 Å². The van der Waals surface area contributed by atoms with Crippen molar-refractivity contribution in [2.75, 3.05) is 5.32 Å². The largest absolute Gasteiger partial charge is 0.439 e. The molecule has 0 radical (unpaired) electrons. The molecule has 6 heteroatoms. The third-order valence-electron chi connectivity index (χ3n) is 3.00. The van der Waals surface area contributed by atoms with E-state index in [0.29, 0.717) is 24.5 Å². The first-order valence-corrected chi connectivity index (χ1v) is 6.60. The maximum absolute atomic E-state index is 11.3. The molecule has 1 aromatic heterocycles. The number of hydrogen-bond donors (Lipinski definition) is 1. The Bertz CT molecular complexity index is 668. The molecule has 1 amide bonds. The Hall–Kier alpha value is -2.14. The molecule has 102 valence electrons. The van der Waals surface area contributed by atoms with E-state index in [9.17, 15) is 4.79 Å². The van der Waals surface area contributed by atoms with E-state index in [-0.39, 0.29) is 11.2 Å². The van der Waals surface area contributed by atoms with Gasteiger partial charge in [0.2, 0.25) is 17.1 Å². The van der Waals surface area contributed by atoms with Gasteiger partial charge in [-0.3, -0.25) is 4.79 Å². The molecule has 0 spiro atoms. The fraction of sp³-hybridized carbons (Fsp3) is 0.214. The van der Waals surface area contributed by atoms with E-state index < -0.39 is 0 Å². The SMILES string of the molecule is Cc1cc(Oc2ccc3c(c2)CCC(=O)N3)nc(Cl)n1. The highest BCUT2D eigenvalue weighted by Gasteiger charge is 2.15. The molecule has 2 aromatic rings. The number of fused-ring (bicyclic) bond motifs is 1. The summed E-state index contributed by atoms with van der Waals surface area (Å²) in [6.07, 6.45) is 1.21. The van der Waals surface area contributed by atoms with E-state index >= 15 is 0 Å². The number of anilines is 1. The van der Waals surface area contributed by atoms with E-state index in [0.717, 1.165) is 16.9 Å². The second-order valence-electron chi connectivity index (χ2n) is 4.59. The van der Waals surface area contributed by atoms with Crippen LogP contribution < -0.4 is 10.1 Å². The van der Waals surface area contributed by atoms with Gasteiger partial charge >= 0.3 is 0 Å². The normalized spacial score (nSPS) is 13.6. The summed E-state index contributed by atoms with van der Waals surface area (Å²) in [7, 11) is 0. The zero-order valence-electron chi connectivity index (χ0n) is 10.8. The van der Waals surface area contributed by atoms with E-state index in [1.54, 1.807) is 12.1 Å². The Labute approximate surface area is 121 Å². The van der Waals surface area contributed by atoms with Crippen LogP contribution in [0.25, 0.3) is 0 Å². The molecule has 0 bridgehead atoms. The summed E-state index contributed by atoms with van der Waals surface area (Å²) in [5, 5.41) is 2.99. The van der Waals surface area contributed by atoms with Gasteiger partial charge in [0.1, 0.15) is 5.75 Å². The molecule has 1 aliphatic heterocycles. The average molecular weight is 290 g/mol. The van der Waals surface area contributed by atoms with Gasteiger partial charge in [-0.2, -0.15) is 4.98 Å². The van der Waals surface area contributed by atoms with Crippen molar-refractivity contribution in [2.24, 2.45) is 0 Å². The van der Waals surface area contributed by atoms with E-state index in [1.807, 2.05) is 19.1 Å². The summed E-state index contributed by atoms with van der Waals surface area (Å²) < 4.78 is 5.68. The first kappa shape index (κ1) is 12.9. The van der Waals surface area contributed by atoms with Crippen LogP contribution >= 0.6 is 11.6 Å². The van der Waals surface area contributed by atoms with Crippen LogP contribution in [0, 0.1) is 6.92 Å². The topological polar surface area (TPSA) is 64.1 Å². The van der Waals surface area contributed by atoms with E-state index in [4.69, 9.17) is 16.3 Å². The van der Waals surface area contributed by atoms with Crippen LogP contribution in [-0.2, 0) is 11.2 Å². The lowest BCUT2D eigenvalue weighted by atomic mass is 10.0. The number of aromatic nitrogens is 2. The van der Waals surface area contributed by atoms with Gasteiger partial charge in [-0.15, -0.1) is 0 Å². The quantitative estimate of drug-likeness (QED) is 0.863. The number of ether oxygens (including phenoxy) is 1. The predicted molar refractivity (Wildman–Crippen MR) is 75.2 cm³/mol. The summed E-state index contributed by atoms with van der Waals surface area (Å²) in [4.78, 5) is 19.3. The number of halogens is 1. The van der Waals surface area contributed by atoms with Crippen molar-refractivity contribution in [3.05, 3.63) is 40.8 Å². The molecule has 1 aliphatic rings. The number of nitrogens with one attached hydrogen (secondary N) is 1. The fourth-order valence-corrected chi connectivity index (χ4v) is 2.32. The Balaban J connectivity index is 1.86. The molecule has 0 saturated carbocycles. The highest BCUT2D eigenvalue weighted by Crippen LogP contribution is 2.29. The minimum Gasteiger partial charge on any atom is -0.439 e. The van der Waals surface area contributed by atoms with Crippen molar-refractivity contribution in [1.29, 1.82) is 0 Å². The third kappa shape index (κ3) is 2.72. The molecule has 5 nitrogen and oxygen atoms in total. The first-order valence-electron chi connectivity index (χ1n) is 6.22. The second-order valence-corrected chi connectivity index (χ2v) is 4.92. The fourth-order valence-electron chi connectivity index (χ4n) is 2.10. The molecule has 0 saturated heterocycles. The van der Waals surface area contributed by atoms with Crippen LogP contribution in [0.2, 0.25) is 5.28 Å². The van der Waals surface area contributed by atoms with Crippen molar-refractivity contribution < 1.29 is 9.53 Å². The van der Waals surface area contributed by atoms with Crippen molar-refractivity contribution in [1.82, 2.24) is 9.97 Å². The van der Waals surface area contributed by atoms with Crippen molar-refractivity contribution >= 4 is 23.2 Å². The van der Waals surface area contributed by atoms with Gasteiger partial charge in [0.25, 0.3) is 0 Å². The molecular weight excluding hydrogens is 278 g/mol. The lowest BCUT2D eigenvalue weighted by Gasteiger charge is -2.17. The molecule has 0 aliphatic carbocycles. The van der Waals surface area contributed by atoms with Gasteiger partial charge in [0, 0.05) is 23.9 Å². The monoisotopic (exact) mass is 289 g/mol. The van der Waals surface area contributed by atoms with Gasteiger partial charge in [0.05, 0.1) is 0 Å². The second kappa shape index (κ2) is 5.09. The summed E-state index contributed by atoms with van der Waals surface area (Å²) in [6.45, 7) is 1.82. The van der Waals surface area contributed by atoms with Crippen LogP contribution in [0.1, 0.15) is 17.7 Å². The number of carbonyl (C=O) groups is 1. The highest BCUT2D eigenvalue weighted by atomic mass is 35.5. The van der Waals surface area contributed by atoms with Crippen LogP contribution in [0.4, 0.5) is 5.69 Å². The molecule has 3 rings (SSSR count). The number of aryl methyl sites for hydroxylation is 2. The lowest BCUT2D eigenvalue weighted by Crippen LogP contribution is -2.18. The number of amides is 1. The number of carbonyl (C=O) groups excluding carboxylic acids is 1. The third-order valence-corrected chi connectivity index (χ3v) is 3.17. The average Bonchev–Trinajstić information content (AvgIpc) is 2.38. The van der Waals surface area contributed by atoms with Crippen LogP contribution in [0.15, 0.2) is 24.3 Å². The molecule has 1 aromatic carbocycles. The van der Waals surface area contributed by atoms with E-state index in [2.05, 4.69) is 15.3 Å². The van der Waals surface area contributed by atoms with Crippen LogP contribution in [-0.4, -0.2) is 15.9 Å². The Morgan fingerprint density at radius 1 is 1.25 bits per heavy atom. The zero-order valence-corrected chi connectivity index (χ0v) is 11.6. The molecule has 0 unspecified atom stereocenters. The molecule has 1 N–H and O–H groups in total. The maximum Gasteiger partial charge on any atom is 0.225 e. The molecule has 2 heterocycles. The standard InChI is InChI=1S/C14H12ClN3O2/c1-8-6-13(18-14(15)16-8)20-10-3-4-11-9(7-10)2-5-12(19)17-11/h3-4,6-7H,2,5H2,1H3,(H,17,19). The number of benzene rings is 1. The van der Waals surface area contributed by atoms with E-state index in [1.165, 1.54) is 0 Å². The molecule has 20 heavy (non-hydrogen) atoms. The lowest BCUT2D eigenvalue weighted by molar-refractivity contribution is -0.116. The smallest absolute Gasteiger partial charge is 0.225 e. The highest BCUT2D eigenvalue weighted by molar-refractivity contribution is 6.28. The van der Waals surface area contributed by atoms with Gasteiger partial charge in [-0.25, -0.2) is 4.98 Å². The summed E-state index contributed by atoms with van der Waals surface area (Å²) in [6, 6.07) is 7.24. The van der Waals surface area contributed by atoms with Crippen molar-refractivity contribution in [3.8, 4) is 11.6 Å². The van der Waals surface area contributed by atoms with Crippen LogP contribution in [0.3, 0.4) is 0 Å². The minimum atomic E-state index is 0.0457. The Kier molecular flexibility index (Phi) is 3.28. The summed E-state index contributed by atoms with van der Waals surface area (Å²) in [5.41, 5.74) is 2.63. The number of nitrogens with zero attached hydrogens (tertiary/aromatic N) is 2.